The first kappa shape index (κ1) is 26.5. The molecule has 36 heavy (non-hydrogen) atoms. The molecule has 10 heteroatoms. The minimum Gasteiger partial charge on any atom is -0.369 e. The lowest BCUT2D eigenvalue weighted by molar-refractivity contribution is -0.139. The Hall–Kier alpha value is -2.59. The number of hydrogen-bond acceptors (Lipinski definition) is 6. The molecular formula is C26H36F2N4O4. The standard InChI is InChI=1S/C26H36F2N4O4/c1-4-16(3)21(26(35)32-14-19(24(27)28)23-22(32)20(33)15-36-23)29-25(34)17-6-8-18(9-7-17)31-12-10-30(5-2)11-13-31/h6-9,16,19,21-24H,4-5,10-15H2,1-3H3,(H,29,34)/t16-,19-,21-,22+,23+/m0/s1. The maximum atomic E-state index is 13.6. The molecule has 0 aromatic heterocycles. The highest BCUT2D eigenvalue weighted by Crippen LogP contribution is 2.36. The summed E-state index contributed by atoms with van der Waals surface area (Å²) in [5.74, 6) is -2.77. The zero-order valence-corrected chi connectivity index (χ0v) is 21.2. The largest absolute Gasteiger partial charge is 0.369 e. The van der Waals surface area contributed by atoms with Gasteiger partial charge in [-0.25, -0.2) is 8.78 Å². The van der Waals surface area contributed by atoms with Crippen molar-refractivity contribution in [3.63, 3.8) is 0 Å². The molecule has 0 unspecified atom stereocenters. The Morgan fingerprint density at radius 3 is 2.36 bits per heavy atom. The van der Waals surface area contributed by atoms with Gasteiger partial charge in [-0.2, -0.15) is 0 Å². The lowest BCUT2D eigenvalue weighted by atomic mass is 9.96. The van der Waals surface area contributed by atoms with Gasteiger partial charge in [-0.3, -0.25) is 14.4 Å². The normalized spacial score (nSPS) is 26.3. The van der Waals surface area contributed by atoms with Gasteiger partial charge in [0.25, 0.3) is 5.91 Å². The Balaban J connectivity index is 1.46. The second-order valence-corrected chi connectivity index (χ2v) is 9.98. The van der Waals surface area contributed by atoms with E-state index in [2.05, 4.69) is 22.0 Å². The number of ether oxygens (including phenoxy) is 1. The van der Waals surface area contributed by atoms with Gasteiger partial charge in [0, 0.05) is 44.0 Å². The number of piperazine rings is 1. The third-order valence-electron chi connectivity index (χ3n) is 7.91. The summed E-state index contributed by atoms with van der Waals surface area (Å²) in [7, 11) is 0. The second-order valence-electron chi connectivity index (χ2n) is 9.98. The van der Waals surface area contributed by atoms with Crippen LogP contribution >= 0.6 is 0 Å². The molecule has 1 aromatic carbocycles. The number of fused-ring (bicyclic) bond motifs is 1. The number of amides is 2. The number of likely N-dealkylation sites (tertiary alicyclic amines) is 1. The van der Waals surface area contributed by atoms with Gasteiger partial charge < -0.3 is 24.8 Å². The number of carbonyl (C=O) groups excluding carboxylic acids is 3. The molecule has 0 bridgehead atoms. The van der Waals surface area contributed by atoms with Crippen LogP contribution in [0.15, 0.2) is 24.3 Å². The quantitative estimate of drug-likeness (QED) is 0.581. The number of hydrogen-bond donors (Lipinski definition) is 1. The van der Waals surface area contributed by atoms with Crippen LogP contribution in [0.25, 0.3) is 0 Å². The molecule has 0 spiro atoms. The number of carbonyl (C=O) groups is 3. The number of halogens is 2. The molecule has 5 atom stereocenters. The van der Waals surface area contributed by atoms with E-state index in [9.17, 15) is 23.2 Å². The van der Waals surface area contributed by atoms with Crippen LogP contribution in [-0.2, 0) is 14.3 Å². The number of nitrogens with zero attached hydrogens (tertiary/aromatic N) is 3. The molecule has 0 saturated carbocycles. The van der Waals surface area contributed by atoms with E-state index in [0.717, 1.165) is 38.4 Å². The summed E-state index contributed by atoms with van der Waals surface area (Å²) in [6.07, 6.45) is -3.12. The minimum atomic E-state index is -2.71. The SMILES string of the molecule is CC[C@H](C)[C@H](NC(=O)c1ccc(N2CCN(CC)CC2)cc1)C(=O)N1C[C@H](C(F)F)[C@H]2OCC(=O)[C@H]21. The summed E-state index contributed by atoms with van der Waals surface area (Å²) in [4.78, 5) is 44.9. The molecule has 1 aromatic rings. The first-order valence-corrected chi connectivity index (χ1v) is 12.9. The highest BCUT2D eigenvalue weighted by atomic mass is 19.3. The van der Waals surface area contributed by atoms with Crippen LogP contribution in [0.1, 0.15) is 37.6 Å². The Morgan fingerprint density at radius 2 is 1.78 bits per heavy atom. The summed E-state index contributed by atoms with van der Waals surface area (Å²) >= 11 is 0. The summed E-state index contributed by atoms with van der Waals surface area (Å²) in [5, 5.41) is 2.82. The summed E-state index contributed by atoms with van der Waals surface area (Å²) in [6, 6.07) is 5.33. The predicted octanol–water partition coefficient (Wildman–Crippen LogP) is 2.03. The number of Topliss-reactive ketones (excluding diaryl/α,β-unsaturated/α-hetero) is 1. The second kappa shape index (κ2) is 11.2. The summed E-state index contributed by atoms with van der Waals surface area (Å²) in [5.41, 5.74) is 1.45. The number of likely N-dealkylation sites (N-methyl/N-ethyl adjacent to an activating group) is 1. The van der Waals surface area contributed by atoms with Crippen molar-refractivity contribution in [2.45, 2.75) is 51.8 Å². The fourth-order valence-corrected chi connectivity index (χ4v) is 5.37. The van der Waals surface area contributed by atoms with Crippen molar-refractivity contribution in [1.29, 1.82) is 0 Å². The van der Waals surface area contributed by atoms with Crippen LogP contribution in [-0.4, -0.2) is 97.9 Å². The van der Waals surface area contributed by atoms with Gasteiger partial charge in [0.1, 0.15) is 18.7 Å². The van der Waals surface area contributed by atoms with Crippen molar-refractivity contribution in [1.82, 2.24) is 15.1 Å². The topological polar surface area (TPSA) is 82.2 Å². The third-order valence-corrected chi connectivity index (χ3v) is 7.91. The summed E-state index contributed by atoms with van der Waals surface area (Å²) in [6.45, 7) is 10.2. The van der Waals surface area contributed by atoms with E-state index in [1.54, 1.807) is 12.1 Å². The van der Waals surface area contributed by atoms with Crippen LogP contribution in [0.5, 0.6) is 0 Å². The molecule has 3 aliphatic heterocycles. The minimum absolute atomic E-state index is 0.253. The van der Waals surface area contributed by atoms with E-state index in [-0.39, 0.29) is 24.9 Å². The molecule has 2 amide bonds. The maximum Gasteiger partial charge on any atom is 0.251 e. The van der Waals surface area contributed by atoms with E-state index in [1.807, 2.05) is 26.0 Å². The number of nitrogens with one attached hydrogen (secondary N) is 1. The van der Waals surface area contributed by atoms with Crippen LogP contribution < -0.4 is 10.2 Å². The monoisotopic (exact) mass is 506 g/mol. The average Bonchev–Trinajstić information content (AvgIpc) is 3.47. The van der Waals surface area contributed by atoms with Gasteiger partial charge in [-0.15, -0.1) is 0 Å². The van der Waals surface area contributed by atoms with Crippen LogP contribution in [0.2, 0.25) is 0 Å². The molecule has 1 N–H and O–H groups in total. The van der Waals surface area contributed by atoms with Gasteiger partial charge in [0.05, 0.1) is 12.0 Å². The third kappa shape index (κ3) is 5.25. The van der Waals surface area contributed by atoms with Gasteiger partial charge in [0.2, 0.25) is 12.3 Å². The zero-order valence-electron chi connectivity index (χ0n) is 21.2. The van der Waals surface area contributed by atoms with Gasteiger partial charge >= 0.3 is 0 Å². The fourth-order valence-electron chi connectivity index (χ4n) is 5.37. The molecule has 3 heterocycles. The van der Waals surface area contributed by atoms with E-state index >= 15 is 0 Å². The van der Waals surface area contributed by atoms with Gasteiger partial charge in [-0.05, 0) is 36.7 Å². The smallest absolute Gasteiger partial charge is 0.251 e. The maximum absolute atomic E-state index is 13.6. The highest BCUT2D eigenvalue weighted by molar-refractivity contribution is 5.99. The number of alkyl halides is 2. The number of anilines is 1. The van der Waals surface area contributed by atoms with Crippen LogP contribution in [0.3, 0.4) is 0 Å². The van der Waals surface area contributed by atoms with E-state index in [1.165, 1.54) is 4.90 Å². The van der Waals surface area contributed by atoms with E-state index in [4.69, 9.17) is 4.74 Å². The molecule has 3 aliphatic rings. The van der Waals surface area contributed by atoms with Gasteiger partial charge in [0.15, 0.2) is 5.78 Å². The number of benzene rings is 1. The Morgan fingerprint density at radius 1 is 1.11 bits per heavy atom. The molecule has 3 saturated heterocycles. The molecule has 4 rings (SSSR count). The van der Waals surface area contributed by atoms with Crippen molar-refractivity contribution < 1.29 is 27.9 Å². The van der Waals surface area contributed by atoms with Crippen molar-refractivity contribution in [3.8, 4) is 0 Å². The van der Waals surface area contributed by atoms with E-state index < -0.39 is 42.3 Å². The van der Waals surface area contributed by atoms with Gasteiger partial charge in [-0.1, -0.05) is 27.2 Å². The average molecular weight is 507 g/mol. The fraction of sp³-hybridized carbons (Fsp3) is 0.654. The molecular weight excluding hydrogens is 470 g/mol. The Kier molecular flexibility index (Phi) is 8.24. The highest BCUT2D eigenvalue weighted by Gasteiger charge is 2.56. The number of rotatable bonds is 8. The van der Waals surface area contributed by atoms with Crippen molar-refractivity contribution in [2.75, 3.05) is 50.8 Å². The van der Waals surface area contributed by atoms with Crippen molar-refractivity contribution in [2.24, 2.45) is 11.8 Å². The number of ketones is 1. The molecule has 0 aliphatic carbocycles. The zero-order chi connectivity index (χ0) is 26.0. The molecule has 198 valence electrons. The Bertz CT molecular complexity index is 952. The predicted molar refractivity (Wildman–Crippen MR) is 131 cm³/mol. The lowest BCUT2D eigenvalue weighted by Crippen LogP contribution is -2.54. The van der Waals surface area contributed by atoms with Crippen molar-refractivity contribution >= 4 is 23.3 Å². The molecule has 8 nitrogen and oxygen atoms in total. The Labute approximate surface area is 210 Å². The van der Waals surface area contributed by atoms with Crippen LogP contribution in [0.4, 0.5) is 14.5 Å². The lowest BCUT2D eigenvalue weighted by Gasteiger charge is -2.35. The van der Waals surface area contributed by atoms with Crippen molar-refractivity contribution in [3.05, 3.63) is 29.8 Å². The first-order valence-electron chi connectivity index (χ1n) is 12.9. The molecule has 3 fully saturated rings. The van der Waals surface area contributed by atoms with E-state index in [0.29, 0.717) is 12.0 Å². The molecule has 0 radical (unpaired) electrons. The first-order chi connectivity index (χ1) is 17.2. The summed E-state index contributed by atoms with van der Waals surface area (Å²) < 4.78 is 32.5. The van der Waals surface area contributed by atoms with Crippen LogP contribution in [0, 0.1) is 11.8 Å².